The molecule has 3 nitrogen and oxygen atoms in total. The Labute approximate surface area is 115 Å². The maximum Gasteiger partial charge on any atom is 0.254 e. The second-order valence-corrected chi connectivity index (χ2v) is 4.42. The van der Waals surface area contributed by atoms with Crippen LogP contribution in [-0.4, -0.2) is 25.7 Å². The Kier molecular flexibility index (Phi) is 5.92. The fraction of sp³-hybridized carbons (Fsp3) is 0.308. The highest BCUT2D eigenvalue weighted by molar-refractivity contribution is 6.30. The van der Waals surface area contributed by atoms with Crippen LogP contribution in [-0.2, 0) is 4.74 Å². The fourth-order valence-electron chi connectivity index (χ4n) is 1.27. The van der Waals surface area contributed by atoms with Crippen LogP contribution in [0.25, 0.3) is 0 Å². The van der Waals surface area contributed by atoms with Crippen LogP contribution in [0.2, 0.25) is 5.02 Å². The van der Waals surface area contributed by atoms with Crippen molar-refractivity contribution in [3.63, 3.8) is 0 Å². The molecule has 0 bridgehead atoms. The molecule has 0 aliphatic heterocycles. The van der Waals surface area contributed by atoms with Crippen molar-refractivity contribution in [1.29, 1.82) is 0 Å². The van der Waals surface area contributed by atoms with Gasteiger partial charge in [-0.25, -0.2) is 8.78 Å². The molecule has 1 aromatic rings. The van der Waals surface area contributed by atoms with Crippen molar-refractivity contribution in [2.45, 2.75) is 6.92 Å². The van der Waals surface area contributed by atoms with E-state index < -0.39 is 17.5 Å². The molecule has 0 unspecified atom stereocenters. The van der Waals surface area contributed by atoms with Crippen LogP contribution in [0, 0.1) is 11.6 Å². The van der Waals surface area contributed by atoms with Gasteiger partial charge in [0, 0.05) is 6.54 Å². The van der Waals surface area contributed by atoms with Gasteiger partial charge < -0.3 is 10.1 Å². The van der Waals surface area contributed by atoms with Crippen molar-refractivity contribution < 1.29 is 18.3 Å². The summed E-state index contributed by atoms with van der Waals surface area (Å²) in [5.74, 6) is -2.43. The molecule has 1 amide bonds. The van der Waals surface area contributed by atoms with Gasteiger partial charge in [-0.2, -0.15) is 0 Å². The number of ether oxygens (including phenoxy) is 1. The molecule has 0 fully saturated rings. The molecule has 0 atom stereocenters. The summed E-state index contributed by atoms with van der Waals surface area (Å²) in [5, 5.41) is 2.05. The molecule has 0 saturated heterocycles. The van der Waals surface area contributed by atoms with Crippen molar-refractivity contribution in [3.8, 4) is 0 Å². The molecule has 1 N–H and O–H groups in total. The smallest absolute Gasteiger partial charge is 0.254 e. The normalized spacial score (nSPS) is 10.3. The number of carbonyl (C=O) groups is 1. The van der Waals surface area contributed by atoms with Crippen LogP contribution in [0.3, 0.4) is 0 Å². The van der Waals surface area contributed by atoms with Crippen molar-refractivity contribution in [1.82, 2.24) is 5.32 Å². The van der Waals surface area contributed by atoms with Gasteiger partial charge in [0.15, 0.2) is 0 Å². The molecule has 0 saturated carbocycles. The van der Waals surface area contributed by atoms with Crippen molar-refractivity contribution in [3.05, 3.63) is 46.5 Å². The number of rotatable bonds is 6. The van der Waals surface area contributed by atoms with Crippen molar-refractivity contribution in [2.24, 2.45) is 0 Å². The Morgan fingerprint density at radius 2 is 2.11 bits per heavy atom. The predicted molar refractivity (Wildman–Crippen MR) is 69.3 cm³/mol. The molecule has 1 rings (SSSR count). The lowest BCUT2D eigenvalue weighted by molar-refractivity contribution is 0.0922. The molecular formula is C13H14ClF2NO2. The third-order valence-electron chi connectivity index (χ3n) is 2.14. The summed E-state index contributed by atoms with van der Waals surface area (Å²) in [5.41, 5.74) is 0.471. The van der Waals surface area contributed by atoms with E-state index in [1.807, 2.05) is 6.92 Å². The van der Waals surface area contributed by atoms with Gasteiger partial charge in [-0.15, -0.1) is 0 Å². The lowest BCUT2D eigenvalue weighted by atomic mass is 10.2. The molecule has 0 radical (unpaired) electrons. The van der Waals surface area contributed by atoms with Gasteiger partial charge in [-0.05, 0) is 19.1 Å². The maximum atomic E-state index is 13.4. The van der Waals surface area contributed by atoms with Gasteiger partial charge in [0.2, 0.25) is 0 Å². The Bertz CT molecular complexity index is 492. The number of benzene rings is 1. The average Bonchev–Trinajstić information content (AvgIpc) is 2.32. The summed E-state index contributed by atoms with van der Waals surface area (Å²) < 4.78 is 31.7. The standard InChI is InChI=1S/C13H14ClF2NO2/c1-8(2)7-19-4-3-17-13(18)9-5-12(16)10(14)6-11(9)15/h5-6H,1,3-4,7H2,2H3,(H,17,18). The first kappa shape index (κ1) is 15.6. The molecule has 1 aromatic carbocycles. The van der Waals surface area contributed by atoms with Crippen LogP contribution in [0.1, 0.15) is 17.3 Å². The van der Waals surface area contributed by atoms with E-state index in [1.165, 1.54) is 0 Å². The zero-order chi connectivity index (χ0) is 14.4. The Morgan fingerprint density at radius 3 is 2.74 bits per heavy atom. The highest BCUT2D eigenvalue weighted by atomic mass is 35.5. The summed E-state index contributed by atoms with van der Waals surface area (Å²) in [4.78, 5) is 11.6. The molecule has 0 aromatic heterocycles. The first-order chi connectivity index (χ1) is 8.91. The first-order valence-corrected chi connectivity index (χ1v) is 5.94. The molecule has 0 aliphatic carbocycles. The summed E-state index contributed by atoms with van der Waals surface area (Å²) in [7, 11) is 0. The number of hydrogen-bond acceptors (Lipinski definition) is 2. The fourth-order valence-corrected chi connectivity index (χ4v) is 1.43. The summed E-state index contributed by atoms with van der Waals surface area (Å²) in [6, 6.07) is 1.53. The highest BCUT2D eigenvalue weighted by Crippen LogP contribution is 2.19. The number of halogens is 3. The van der Waals surface area contributed by atoms with Crippen molar-refractivity contribution >= 4 is 17.5 Å². The van der Waals surface area contributed by atoms with E-state index in [0.29, 0.717) is 6.61 Å². The summed E-state index contributed by atoms with van der Waals surface area (Å²) in [6.07, 6.45) is 0. The first-order valence-electron chi connectivity index (χ1n) is 5.56. The van der Waals surface area contributed by atoms with Gasteiger partial charge in [-0.1, -0.05) is 23.8 Å². The largest absolute Gasteiger partial charge is 0.375 e. The van der Waals surface area contributed by atoms with Crippen LogP contribution in [0.15, 0.2) is 24.3 Å². The van der Waals surface area contributed by atoms with Crippen molar-refractivity contribution in [2.75, 3.05) is 19.8 Å². The van der Waals surface area contributed by atoms with E-state index in [1.54, 1.807) is 0 Å². The van der Waals surface area contributed by atoms with Gasteiger partial charge in [0.25, 0.3) is 5.91 Å². The number of nitrogens with one attached hydrogen (secondary N) is 1. The lowest BCUT2D eigenvalue weighted by Crippen LogP contribution is -2.28. The highest BCUT2D eigenvalue weighted by Gasteiger charge is 2.14. The zero-order valence-corrected chi connectivity index (χ0v) is 11.2. The number of hydrogen-bond donors (Lipinski definition) is 1. The Hall–Kier alpha value is -1.46. The van der Waals surface area contributed by atoms with E-state index in [-0.39, 0.29) is 23.7 Å². The minimum atomic E-state index is -0.869. The Morgan fingerprint density at radius 1 is 1.42 bits per heavy atom. The van der Waals surface area contributed by atoms with Crippen LogP contribution >= 0.6 is 11.6 Å². The minimum absolute atomic E-state index is 0.190. The molecule has 6 heteroatoms. The zero-order valence-electron chi connectivity index (χ0n) is 10.4. The monoisotopic (exact) mass is 289 g/mol. The maximum absolute atomic E-state index is 13.4. The van der Waals surface area contributed by atoms with Gasteiger partial charge in [-0.3, -0.25) is 4.79 Å². The Balaban J connectivity index is 2.50. The third kappa shape index (κ3) is 4.96. The molecule has 0 spiro atoms. The molecule has 19 heavy (non-hydrogen) atoms. The van der Waals surface area contributed by atoms with E-state index >= 15 is 0 Å². The van der Waals surface area contributed by atoms with Crippen LogP contribution in [0.5, 0.6) is 0 Å². The van der Waals surface area contributed by atoms with E-state index in [9.17, 15) is 13.6 Å². The van der Waals surface area contributed by atoms with Gasteiger partial charge in [0.05, 0.1) is 23.8 Å². The third-order valence-corrected chi connectivity index (χ3v) is 2.42. The lowest BCUT2D eigenvalue weighted by Gasteiger charge is -2.07. The molecule has 0 aliphatic rings. The SMILES string of the molecule is C=C(C)COCCNC(=O)c1cc(F)c(Cl)cc1F. The van der Waals surface area contributed by atoms with E-state index in [4.69, 9.17) is 16.3 Å². The molecular weight excluding hydrogens is 276 g/mol. The average molecular weight is 290 g/mol. The minimum Gasteiger partial charge on any atom is -0.375 e. The van der Waals surface area contributed by atoms with Gasteiger partial charge in [0.1, 0.15) is 11.6 Å². The van der Waals surface area contributed by atoms with E-state index in [2.05, 4.69) is 11.9 Å². The second-order valence-electron chi connectivity index (χ2n) is 4.01. The number of amides is 1. The quantitative estimate of drug-likeness (QED) is 0.497. The predicted octanol–water partition coefficient (Wildman–Crippen LogP) is 2.94. The molecule has 104 valence electrons. The number of carbonyl (C=O) groups excluding carboxylic acids is 1. The summed E-state index contributed by atoms with van der Waals surface area (Å²) in [6.45, 7) is 6.30. The van der Waals surface area contributed by atoms with Crippen LogP contribution < -0.4 is 5.32 Å². The van der Waals surface area contributed by atoms with Gasteiger partial charge >= 0.3 is 0 Å². The summed E-state index contributed by atoms with van der Waals surface area (Å²) >= 11 is 5.39. The second kappa shape index (κ2) is 7.21. The van der Waals surface area contributed by atoms with Crippen LogP contribution in [0.4, 0.5) is 8.78 Å². The van der Waals surface area contributed by atoms with E-state index in [0.717, 1.165) is 17.7 Å². The molecule has 0 heterocycles. The topological polar surface area (TPSA) is 38.3 Å².